The van der Waals surface area contributed by atoms with Gasteiger partial charge in [-0.05, 0) is 13.3 Å². The van der Waals surface area contributed by atoms with Crippen LogP contribution in [0.1, 0.15) is 19.8 Å². The van der Waals surface area contributed by atoms with Crippen LogP contribution in [0.15, 0.2) is 0 Å². The number of hydrogen-bond acceptors (Lipinski definition) is 3. The molecule has 2 heterocycles. The Morgan fingerprint density at radius 3 is 2.73 bits per heavy atom. The molecule has 2 fully saturated rings. The predicted molar refractivity (Wildman–Crippen MR) is 52.9 cm³/mol. The van der Waals surface area contributed by atoms with Crippen molar-refractivity contribution in [2.75, 3.05) is 13.1 Å². The number of carbonyl (C=O) groups is 2. The normalized spacial score (nSPS) is 32.1. The molecule has 0 aromatic carbocycles. The quantitative estimate of drug-likeness (QED) is 0.592. The molecule has 84 valence electrons. The molecule has 2 saturated heterocycles. The molecule has 0 spiro atoms. The number of aliphatic hydroxyl groups excluding tert-OH is 1. The molecule has 0 bridgehead atoms. The Hall–Kier alpha value is -1.10. The highest BCUT2D eigenvalue weighted by atomic mass is 16.3. The Balaban J connectivity index is 1.92. The molecule has 0 aliphatic carbocycles. The van der Waals surface area contributed by atoms with Crippen LogP contribution in [0.2, 0.25) is 0 Å². The third-order valence-electron chi connectivity index (χ3n) is 3.00. The molecule has 2 aliphatic heterocycles. The molecular formula is C10H16N2O3. The van der Waals surface area contributed by atoms with Gasteiger partial charge in [0.05, 0.1) is 6.10 Å². The van der Waals surface area contributed by atoms with Gasteiger partial charge in [0.1, 0.15) is 0 Å². The minimum atomic E-state index is -0.371. The number of rotatable bonds is 1. The van der Waals surface area contributed by atoms with E-state index >= 15 is 0 Å². The van der Waals surface area contributed by atoms with E-state index in [1.807, 2.05) is 6.92 Å². The Bertz CT molecular complexity index is 286. The summed E-state index contributed by atoms with van der Waals surface area (Å²) in [5.74, 6) is -0.226. The van der Waals surface area contributed by atoms with Crippen molar-refractivity contribution in [2.24, 2.45) is 5.92 Å². The number of likely N-dealkylation sites (tertiary alicyclic amines) is 1. The smallest absolute Gasteiger partial charge is 0.226 e. The van der Waals surface area contributed by atoms with Crippen LogP contribution in [0.3, 0.4) is 0 Å². The Labute approximate surface area is 88.4 Å². The predicted octanol–water partition coefficient (Wildman–Crippen LogP) is -0.896. The highest BCUT2D eigenvalue weighted by molar-refractivity contribution is 5.87. The van der Waals surface area contributed by atoms with E-state index in [1.54, 1.807) is 4.90 Å². The Kier molecular flexibility index (Phi) is 2.65. The van der Waals surface area contributed by atoms with E-state index in [0.717, 1.165) is 0 Å². The van der Waals surface area contributed by atoms with Gasteiger partial charge in [-0.2, -0.15) is 0 Å². The second-order valence-electron chi connectivity index (χ2n) is 4.50. The Morgan fingerprint density at radius 1 is 1.53 bits per heavy atom. The highest BCUT2D eigenvalue weighted by Crippen LogP contribution is 2.22. The average molecular weight is 212 g/mol. The maximum Gasteiger partial charge on any atom is 0.226 e. The van der Waals surface area contributed by atoms with Crippen LogP contribution in [0.25, 0.3) is 0 Å². The summed E-state index contributed by atoms with van der Waals surface area (Å²) in [5.41, 5.74) is 0. The van der Waals surface area contributed by atoms with Gasteiger partial charge in [-0.1, -0.05) is 0 Å². The second-order valence-corrected chi connectivity index (χ2v) is 4.50. The molecule has 5 heteroatoms. The fraction of sp³-hybridized carbons (Fsp3) is 0.800. The number of amides is 2. The van der Waals surface area contributed by atoms with E-state index < -0.39 is 0 Å². The fourth-order valence-corrected chi connectivity index (χ4v) is 2.21. The molecule has 2 N–H and O–H groups in total. The zero-order chi connectivity index (χ0) is 11.0. The van der Waals surface area contributed by atoms with Crippen LogP contribution >= 0.6 is 0 Å². The van der Waals surface area contributed by atoms with Gasteiger partial charge < -0.3 is 15.3 Å². The third-order valence-corrected chi connectivity index (χ3v) is 3.00. The minimum absolute atomic E-state index is 0.0157. The van der Waals surface area contributed by atoms with Gasteiger partial charge in [-0.15, -0.1) is 0 Å². The second kappa shape index (κ2) is 3.81. The van der Waals surface area contributed by atoms with Crippen molar-refractivity contribution in [1.29, 1.82) is 0 Å². The van der Waals surface area contributed by atoms with Crippen molar-refractivity contribution in [1.82, 2.24) is 10.2 Å². The molecule has 2 amide bonds. The van der Waals surface area contributed by atoms with Crippen molar-refractivity contribution in [2.45, 2.75) is 31.9 Å². The van der Waals surface area contributed by atoms with Gasteiger partial charge in [0.2, 0.25) is 11.8 Å². The lowest BCUT2D eigenvalue weighted by Crippen LogP contribution is -2.57. The first-order chi connectivity index (χ1) is 7.06. The van der Waals surface area contributed by atoms with Crippen molar-refractivity contribution in [3.05, 3.63) is 0 Å². The molecular weight excluding hydrogens is 196 g/mol. The molecule has 2 aliphatic rings. The van der Waals surface area contributed by atoms with Crippen LogP contribution in [0.5, 0.6) is 0 Å². The third kappa shape index (κ3) is 2.12. The molecule has 0 radical (unpaired) electrons. The summed E-state index contributed by atoms with van der Waals surface area (Å²) in [6, 6.07) is 0.0754. The number of β-amino-alcohol motifs (C(OH)–C–C–N with tert-alkyl or cyclic N) is 1. The topological polar surface area (TPSA) is 69.6 Å². The molecule has 5 nitrogen and oxygen atoms in total. The van der Waals surface area contributed by atoms with E-state index in [0.29, 0.717) is 19.5 Å². The van der Waals surface area contributed by atoms with Gasteiger partial charge in [0.25, 0.3) is 0 Å². The number of piperidine rings is 1. The fourth-order valence-electron chi connectivity index (χ4n) is 2.21. The largest absolute Gasteiger partial charge is 0.389 e. The van der Waals surface area contributed by atoms with Crippen molar-refractivity contribution in [3.8, 4) is 0 Å². The number of nitrogens with zero attached hydrogens (tertiary/aromatic N) is 1. The lowest BCUT2D eigenvalue weighted by Gasteiger charge is -2.39. The summed E-state index contributed by atoms with van der Waals surface area (Å²) < 4.78 is 0. The van der Waals surface area contributed by atoms with E-state index in [2.05, 4.69) is 5.32 Å². The highest BCUT2D eigenvalue weighted by Gasteiger charge is 2.36. The van der Waals surface area contributed by atoms with Crippen LogP contribution in [0, 0.1) is 5.92 Å². The lowest BCUT2D eigenvalue weighted by atomic mass is 9.90. The van der Waals surface area contributed by atoms with E-state index in [4.69, 9.17) is 5.11 Å². The molecule has 2 rings (SSSR count). The molecule has 2 unspecified atom stereocenters. The summed E-state index contributed by atoms with van der Waals surface area (Å²) >= 11 is 0. The minimum Gasteiger partial charge on any atom is -0.389 e. The molecule has 0 aromatic rings. The lowest BCUT2D eigenvalue weighted by molar-refractivity contribution is -0.149. The van der Waals surface area contributed by atoms with Crippen molar-refractivity contribution >= 4 is 11.8 Å². The zero-order valence-electron chi connectivity index (χ0n) is 8.77. The van der Waals surface area contributed by atoms with Crippen LogP contribution in [0.4, 0.5) is 0 Å². The summed E-state index contributed by atoms with van der Waals surface area (Å²) in [7, 11) is 0. The van der Waals surface area contributed by atoms with Crippen LogP contribution in [-0.4, -0.2) is 47.1 Å². The van der Waals surface area contributed by atoms with Gasteiger partial charge in [-0.25, -0.2) is 0 Å². The summed E-state index contributed by atoms with van der Waals surface area (Å²) in [6.07, 6.45) is 0.622. The summed E-state index contributed by atoms with van der Waals surface area (Å²) in [5, 5.41) is 11.9. The molecule has 0 saturated carbocycles. The van der Waals surface area contributed by atoms with E-state index in [-0.39, 0.29) is 36.3 Å². The standard InChI is InChI=1S/C10H16N2O3/c1-6-2-7(3-9(14)11-6)10(15)12-4-8(13)5-12/h6-8,13H,2-5H2,1H3,(H,11,14). The van der Waals surface area contributed by atoms with Crippen LogP contribution in [-0.2, 0) is 9.59 Å². The van der Waals surface area contributed by atoms with E-state index in [9.17, 15) is 9.59 Å². The average Bonchev–Trinajstić information content (AvgIpc) is 2.10. The van der Waals surface area contributed by atoms with Gasteiger partial charge >= 0.3 is 0 Å². The summed E-state index contributed by atoms with van der Waals surface area (Å²) in [4.78, 5) is 24.7. The monoisotopic (exact) mass is 212 g/mol. The van der Waals surface area contributed by atoms with Crippen molar-refractivity contribution < 1.29 is 14.7 Å². The number of hydrogen-bond donors (Lipinski definition) is 2. The number of aliphatic hydroxyl groups is 1. The molecule has 15 heavy (non-hydrogen) atoms. The maximum absolute atomic E-state index is 11.9. The molecule has 2 atom stereocenters. The SMILES string of the molecule is CC1CC(C(=O)N2CC(O)C2)CC(=O)N1. The number of carbonyl (C=O) groups excluding carboxylic acids is 2. The first kappa shape index (κ1) is 10.4. The molecule has 0 aromatic heterocycles. The first-order valence-electron chi connectivity index (χ1n) is 5.32. The Morgan fingerprint density at radius 2 is 2.20 bits per heavy atom. The maximum atomic E-state index is 11.9. The van der Waals surface area contributed by atoms with Gasteiger partial charge in [-0.3, -0.25) is 9.59 Å². The number of nitrogens with one attached hydrogen (secondary N) is 1. The van der Waals surface area contributed by atoms with Gasteiger partial charge in [0, 0.05) is 31.5 Å². The zero-order valence-corrected chi connectivity index (χ0v) is 8.77. The first-order valence-corrected chi connectivity index (χ1v) is 5.32. The van der Waals surface area contributed by atoms with E-state index in [1.165, 1.54) is 0 Å². The van der Waals surface area contributed by atoms with Crippen LogP contribution < -0.4 is 5.32 Å². The van der Waals surface area contributed by atoms with Gasteiger partial charge in [0.15, 0.2) is 0 Å². The van der Waals surface area contributed by atoms with Crippen molar-refractivity contribution in [3.63, 3.8) is 0 Å². The summed E-state index contributed by atoms with van der Waals surface area (Å²) in [6.45, 7) is 2.75.